The Kier molecular flexibility index (Phi) is 6.30. The normalized spacial score (nSPS) is 17.5. The number of para-hydroxylation sites is 1. The van der Waals surface area contributed by atoms with Crippen LogP contribution in [0.1, 0.15) is 34.0 Å². The van der Waals surface area contributed by atoms with Gasteiger partial charge in [0.15, 0.2) is 5.96 Å². The smallest absolute Gasteiger partial charge is 0.191 e. The molecule has 0 radical (unpaired) electrons. The van der Waals surface area contributed by atoms with Crippen LogP contribution in [0.4, 0.5) is 5.69 Å². The summed E-state index contributed by atoms with van der Waals surface area (Å²) in [6.07, 6.45) is 2.17. The Morgan fingerprint density at radius 3 is 2.93 bits per heavy atom. The first-order valence-electron chi connectivity index (χ1n) is 9.25. The van der Waals surface area contributed by atoms with Gasteiger partial charge in [0.2, 0.25) is 0 Å². The number of aryl methyl sites for hydroxylation is 2. The second kappa shape index (κ2) is 8.87. The largest absolute Gasteiger partial charge is 0.368 e. The van der Waals surface area contributed by atoms with Gasteiger partial charge in [0, 0.05) is 31.1 Å². The van der Waals surface area contributed by atoms with Gasteiger partial charge in [-0.2, -0.15) is 5.26 Å². The molecule has 1 aromatic heterocycles. The minimum absolute atomic E-state index is 0.293. The highest BCUT2D eigenvalue weighted by atomic mass is 32.1. The standard InChI is InChI=1S/C20H26N6S/c1-14-19(27-15(2)24-14)12-23-20(22-3)25-17-8-6-10-26(13-17)18-9-5-4-7-16(18)11-21/h4-5,7,9,17H,6,8,10,12-13H2,1-3H3,(H2,22,23,25). The van der Waals surface area contributed by atoms with Gasteiger partial charge in [-0.25, -0.2) is 4.98 Å². The molecular weight excluding hydrogens is 356 g/mol. The average molecular weight is 383 g/mol. The summed E-state index contributed by atoms with van der Waals surface area (Å²) in [5.41, 5.74) is 2.83. The van der Waals surface area contributed by atoms with Crippen molar-refractivity contribution in [3.05, 3.63) is 45.4 Å². The van der Waals surface area contributed by atoms with Gasteiger partial charge < -0.3 is 15.5 Å². The number of nitrogens with one attached hydrogen (secondary N) is 2. The molecular formula is C20H26N6S. The zero-order valence-corrected chi connectivity index (χ0v) is 16.9. The van der Waals surface area contributed by atoms with Gasteiger partial charge in [-0.1, -0.05) is 12.1 Å². The Balaban J connectivity index is 1.60. The zero-order valence-electron chi connectivity index (χ0n) is 16.1. The molecule has 1 aliphatic heterocycles. The minimum atomic E-state index is 0.293. The highest BCUT2D eigenvalue weighted by Crippen LogP contribution is 2.23. The van der Waals surface area contributed by atoms with Crippen molar-refractivity contribution in [3.8, 4) is 6.07 Å². The predicted octanol–water partition coefficient (Wildman–Crippen LogP) is 2.97. The van der Waals surface area contributed by atoms with E-state index in [1.54, 1.807) is 18.4 Å². The van der Waals surface area contributed by atoms with E-state index < -0.39 is 0 Å². The van der Waals surface area contributed by atoms with E-state index >= 15 is 0 Å². The number of piperidine rings is 1. The van der Waals surface area contributed by atoms with Gasteiger partial charge >= 0.3 is 0 Å². The molecule has 7 heteroatoms. The van der Waals surface area contributed by atoms with Crippen LogP contribution in [0.5, 0.6) is 0 Å². The van der Waals surface area contributed by atoms with Crippen LogP contribution in [-0.4, -0.2) is 37.1 Å². The van der Waals surface area contributed by atoms with Crippen molar-refractivity contribution in [1.29, 1.82) is 5.26 Å². The van der Waals surface area contributed by atoms with E-state index in [4.69, 9.17) is 0 Å². The molecule has 27 heavy (non-hydrogen) atoms. The summed E-state index contributed by atoms with van der Waals surface area (Å²) in [4.78, 5) is 12.4. The Morgan fingerprint density at radius 1 is 1.41 bits per heavy atom. The van der Waals surface area contributed by atoms with E-state index in [0.29, 0.717) is 6.04 Å². The van der Waals surface area contributed by atoms with Gasteiger partial charge in [0.25, 0.3) is 0 Å². The Bertz CT molecular complexity index is 850. The quantitative estimate of drug-likeness (QED) is 0.628. The molecule has 0 bridgehead atoms. The highest BCUT2D eigenvalue weighted by molar-refractivity contribution is 7.11. The fraction of sp³-hybridized carbons (Fsp3) is 0.450. The van der Waals surface area contributed by atoms with Crippen LogP contribution in [0.2, 0.25) is 0 Å². The van der Waals surface area contributed by atoms with E-state index in [1.165, 1.54) is 4.88 Å². The Morgan fingerprint density at radius 2 is 2.22 bits per heavy atom. The molecule has 2 heterocycles. The molecule has 1 unspecified atom stereocenters. The summed E-state index contributed by atoms with van der Waals surface area (Å²) in [6.45, 7) is 6.64. The number of aromatic nitrogens is 1. The molecule has 1 aromatic carbocycles. The summed E-state index contributed by atoms with van der Waals surface area (Å²) in [5.74, 6) is 0.806. The predicted molar refractivity (Wildman–Crippen MR) is 111 cm³/mol. The second-order valence-electron chi connectivity index (χ2n) is 6.73. The fourth-order valence-electron chi connectivity index (χ4n) is 3.45. The number of benzene rings is 1. The lowest BCUT2D eigenvalue weighted by molar-refractivity contribution is 0.468. The van der Waals surface area contributed by atoms with E-state index in [0.717, 1.165) is 60.4 Å². The molecule has 142 valence electrons. The third kappa shape index (κ3) is 4.77. The highest BCUT2D eigenvalue weighted by Gasteiger charge is 2.22. The van der Waals surface area contributed by atoms with E-state index in [-0.39, 0.29) is 0 Å². The molecule has 1 fully saturated rings. The molecule has 0 saturated carbocycles. The number of nitrogens with zero attached hydrogens (tertiary/aromatic N) is 4. The molecule has 6 nitrogen and oxygen atoms in total. The summed E-state index contributed by atoms with van der Waals surface area (Å²) >= 11 is 1.72. The maximum Gasteiger partial charge on any atom is 0.191 e. The average Bonchev–Trinajstić information content (AvgIpc) is 3.02. The Hall–Kier alpha value is -2.59. The minimum Gasteiger partial charge on any atom is -0.368 e. The second-order valence-corrected chi connectivity index (χ2v) is 8.01. The maximum atomic E-state index is 9.38. The molecule has 2 N–H and O–H groups in total. The van der Waals surface area contributed by atoms with E-state index in [1.807, 2.05) is 38.1 Å². The molecule has 1 atom stereocenters. The Labute approximate surface area is 165 Å². The van der Waals surface area contributed by atoms with Crippen molar-refractivity contribution >= 4 is 23.0 Å². The first-order valence-corrected chi connectivity index (χ1v) is 10.1. The summed E-state index contributed by atoms with van der Waals surface area (Å²) < 4.78 is 0. The van der Waals surface area contributed by atoms with E-state index in [2.05, 4.69) is 31.6 Å². The van der Waals surface area contributed by atoms with Crippen LogP contribution >= 0.6 is 11.3 Å². The summed E-state index contributed by atoms with van der Waals surface area (Å²) in [5, 5.41) is 17.4. The number of guanidine groups is 1. The number of thiazole rings is 1. The van der Waals surface area contributed by atoms with Gasteiger partial charge in [-0.3, -0.25) is 4.99 Å². The number of rotatable bonds is 4. The van der Waals surface area contributed by atoms with Gasteiger partial charge in [0.1, 0.15) is 6.07 Å². The van der Waals surface area contributed by atoms with Crippen LogP contribution in [-0.2, 0) is 6.54 Å². The van der Waals surface area contributed by atoms with Crippen LogP contribution in [0.25, 0.3) is 0 Å². The lowest BCUT2D eigenvalue weighted by Crippen LogP contribution is -2.51. The lowest BCUT2D eigenvalue weighted by Gasteiger charge is -2.35. The third-order valence-corrected chi connectivity index (χ3v) is 5.84. The van der Waals surface area contributed by atoms with Gasteiger partial charge in [-0.05, 0) is 38.8 Å². The van der Waals surface area contributed by atoms with Crippen molar-refractivity contribution in [2.75, 3.05) is 25.0 Å². The van der Waals surface area contributed by atoms with E-state index in [9.17, 15) is 5.26 Å². The number of aliphatic imine (C=N–C) groups is 1. The van der Waals surface area contributed by atoms with Crippen LogP contribution in [0, 0.1) is 25.2 Å². The van der Waals surface area contributed by atoms with Crippen LogP contribution in [0.15, 0.2) is 29.3 Å². The van der Waals surface area contributed by atoms with Crippen molar-refractivity contribution in [3.63, 3.8) is 0 Å². The topological polar surface area (TPSA) is 76.3 Å². The number of hydrogen-bond donors (Lipinski definition) is 2. The van der Waals surface area contributed by atoms with Crippen molar-refractivity contribution in [1.82, 2.24) is 15.6 Å². The monoisotopic (exact) mass is 382 g/mol. The summed E-state index contributed by atoms with van der Waals surface area (Å²) in [6, 6.07) is 10.4. The number of nitriles is 1. The first-order chi connectivity index (χ1) is 13.1. The van der Waals surface area contributed by atoms with Crippen molar-refractivity contribution in [2.45, 2.75) is 39.3 Å². The SMILES string of the molecule is CN=C(NCc1sc(C)nc1C)NC1CCCN(c2ccccc2C#N)C1. The number of hydrogen-bond acceptors (Lipinski definition) is 5. The van der Waals surface area contributed by atoms with Crippen LogP contribution in [0.3, 0.4) is 0 Å². The molecule has 3 rings (SSSR count). The van der Waals surface area contributed by atoms with Crippen molar-refractivity contribution < 1.29 is 0 Å². The van der Waals surface area contributed by atoms with Crippen molar-refractivity contribution in [2.24, 2.45) is 4.99 Å². The maximum absolute atomic E-state index is 9.38. The third-order valence-electron chi connectivity index (χ3n) is 4.77. The van der Waals surface area contributed by atoms with Crippen LogP contribution < -0.4 is 15.5 Å². The summed E-state index contributed by atoms with van der Waals surface area (Å²) in [7, 11) is 1.80. The lowest BCUT2D eigenvalue weighted by atomic mass is 10.0. The fourth-order valence-corrected chi connectivity index (χ4v) is 4.32. The molecule has 0 amide bonds. The molecule has 2 aromatic rings. The molecule has 0 spiro atoms. The van der Waals surface area contributed by atoms with Gasteiger partial charge in [0.05, 0.1) is 28.5 Å². The van der Waals surface area contributed by atoms with Gasteiger partial charge in [-0.15, -0.1) is 11.3 Å². The molecule has 1 aliphatic rings. The molecule has 1 saturated heterocycles. The molecule has 0 aliphatic carbocycles. The number of anilines is 1. The zero-order chi connectivity index (χ0) is 19.2. The first kappa shape index (κ1) is 19.2.